The van der Waals surface area contributed by atoms with Crippen molar-refractivity contribution in [3.05, 3.63) is 75.7 Å². The molecule has 3 aromatic rings. The average Bonchev–Trinajstić information content (AvgIpc) is 3.13. The van der Waals surface area contributed by atoms with Crippen molar-refractivity contribution in [2.75, 3.05) is 13.1 Å². The Morgan fingerprint density at radius 3 is 2.50 bits per heavy atom. The number of rotatable bonds is 4. The quantitative estimate of drug-likeness (QED) is 0.668. The summed E-state index contributed by atoms with van der Waals surface area (Å²) in [6, 6.07) is 9.55. The van der Waals surface area contributed by atoms with Crippen molar-refractivity contribution in [3.63, 3.8) is 0 Å². The Morgan fingerprint density at radius 2 is 1.88 bits per heavy atom. The number of piperidine rings is 1. The van der Waals surface area contributed by atoms with Gasteiger partial charge in [0.2, 0.25) is 0 Å². The van der Waals surface area contributed by atoms with E-state index in [0.717, 1.165) is 29.6 Å². The Balaban J connectivity index is 1.41. The normalized spacial score (nSPS) is 15.2. The minimum Gasteiger partial charge on any atom is -0.339 e. The summed E-state index contributed by atoms with van der Waals surface area (Å²) in [6.07, 6.45) is -1.58. The molecule has 1 N–H and O–H groups in total. The highest BCUT2D eigenvalue weighted by atomic mass is 19.4. The summed E-state index contributed by atoms with van der Waals surface area (Å²) in [5.74, 6) is 0.532. The summed E-state index contributed by atoms with van der Waals surface area (Å²) < 4.78 is 39.6. The molecule has 7 nitrogen and oxygen atoms in total. The van der Waals surface area contributed by atoms with Crippen LogP contribution in [0.4, 0.5) is 13.2 Å². The van der Waals surface area contributed by atoms with Gasteiger partial charge >= 0.3 is 11.9 Å². The molecule has 1 amide bonds. The van der Waals surface area contributed by atoms with E-state index in [1.165, 1.54) is 0 Å². The first-order valence-corrected chi connectivity index (χ1v) is 10.3. The monoisotopic (exact) mass is 445 g/mol. The largest absolute Gasteiger partial charge is 0.433 e. The number of hydrogen-bond acceptors (Lipinski definition) is 4. The van der Waals surface area contributed by atoms with Crippen molar-refractivity contribution >= 4 is 5.91 Å². The fraction of sp³-hybridized carbons (Fsp3) is 0.364. The fourth-order valence-electron chi connectivity index (χ4n) is 4.00. The maximum atomic E-state index is 12.7. The SMILES string of the molecule is Cc1ccccc1-n1c(CC2CCN(C(=O)c3ccc(C(F)(F)F)nc3)CC2)n[nH]c1=O. The third kappa shape index (κ3) is 4.44. The van der Waals surface area contributed by atoms with Crippen molar-refractivity contribution in [1.29, 1.82) is 0 Å². The summed E-state index contributed by atoms with van der Waals surface area (Å²) in [6.45, 7) is 2.88. The van der Waals surface area contributed by atoms with E-state index in [-0.39, 0.29) is 23.1 Å². The minimum atomic E-state index is -4.54. The number of nitrogens with zero attached hydrogens (tertiary/aromatic N) is 4. The van der Waals surface area contributed by atoms with E-state index in [2.05, 4.69) is 15.2 Å². The van der Waals surface area contributed by atoms with Crippen molar-refractivity contribution in [2.45, 2.75) is 32.4 Å². The number of halogens is 3. The van der Waals surface area contributed by atoms with E-state index >= 15 is 0 Å². The molecule has 10 heteroatoms. The molecule has 0 atom stereocenters. The summed E-state index contributed by atoms with van der Waals surface area (Å²) in [5, 5.41) is 6.72. The number of pyridine rings is 1. The van der Waals surface area contributed by atoms with E-state index in [0.29, 0.717) is 38.2 Å². The van der Waals surface area contributed by atoms with Crippen LogP contribution in [0.1, 0.15) is 40.3 Å². The molecule has 0 spiro atoms. The third-order valence-electron chi connectivity index (χ3n) is 5.77. The lowest BCUT2D eigenvalue weighted by atomic mass is 9.92. The Kier molecular flexibility index (Phi) is 5.86. The minimum absolute atomic E-state index is 0.136. The van der Waals surface area contributed by atoms with Gasteiger partial charge in [0, 0.05) is 25.7 Å². The number of likely N-dealkylation sites (tertiary alicyclic amines) is 1. The Hall–Kier alpha value is -3.43. The second-order valence-corrected chi connectivity index (χ2v) is 7.94. The lowest BCUT2D eigenvalue weighted by molar-refractivity contribution is -0.141. The van der Waals surface area contributed by atoms with E-state index in [9.17, 15) is 22.8 Å². The van der Waals surface area contributed by atoms with Gasteiger partial charge in [0.05, 0.1) is 11.3 Å². The number of aryl methyl sites for hydroxylation is 1. The van der Waals surface area contributed by atoms with E-state index in [1.54, 1.807) is 9.47 Å². The van der Waals surface area contributed by atoms with Gasteiger partial charge in [-0.25, -0.2) is 14.5 Å². The smallest absolute Gasteiger partial charge is 0.339 e. The number of amides is 1. The van der Waals surface area contributed by atoms with Crippen LogP contribution in [0.25, 0.3) is 5.69 Å². The van der Waals surface area contributed by atoms with Crippen molar-refractivity contribution in [2.24, 2.45) is 5.92 Å². The summed E-state index contributed by atoms with van der Waals surface area (Å²) >= 11 is 0. The van der Waals surface area contributed by atoms with E-state index in [1.807, 2.05) is 31.2 Å². The molecule has 4 rings (SSSR count). The topological polar surface area (TPSA) is 83.9 Å². The highest BCUT2D eigenvalue weighted by Gasteiger charge is 2.33. The molecule has 1 saturated heterocycles. The van der Waals surface area contributed by atoms with Gasteiger partial charge in [0.25, 0.3) is 5.91 Å². The van der Waals surface area contributed by atoms with Crippen molar-refractivity contribution in [3.8, 4) is 5.69 Å². The number of H-pyrrole nitrogens is 1. The first kappa shape index (κ1) is 21.8. The second-order valence-electron chi connectivity index (χ2n) is 7.94. The van der Waals surface area contributed by atoms with Gasteiger partial charge in [-0.15, -0.1) is 0 Å². The van der Waals surface area contributed by atoms with E-state index < -0.39 is 11.9 Å². The van der Waals surface area contributed by atoms with Gasteiger partial charge in [-0.2, -0.15) is 18.3 Å². The molecule has 1 aliphatic heterocycles. The molecule has 1 fully saturated rings. The molecule has 1 aromatic carbocycles. The highest BCUT2D eigenvalue weighted by Crippen LogP contribution is 2.28. The summed E-state index contributed by atoms with van der Waals surface area (Å²) in [4.78, 5) is 30.0. The first-order valence-electron chi connectivity index (χ1n) is 10.3. The lowest BCUT2D eigenvalue weighted by Gasteiger charge is -2.32. The molecular formula is C22H22F3N5O2. The molecule has 2 aromatic heterocycles. The lowest BCUT2D eigenvalue weighted by Crippen LogP contribution is -2.39. The summed E-state index contributed by atoms with van der Waals surface area (Å²) in [7, 11) is 0. The number of nitrogens with one attached hydrogen (secondary N) is 1. The number of para-hydroxylation sites is 1. The number of aromatic nitrogens is 4. The second kappa shape index (κ2) is 8.60. The van der Waals surface area contributed by atoms with Gasteiger partial charge in [-0.3, -0.25) is 9.78 Å². The van der Waals surface area contributed by atoms with Crippen LogP contribution < -0.4 is 5.69 Å². The van der Waals surface area contributed by atoms with Gasteiger partial charge < -0.3 is 4.90 Å². The first-order chi connectivity index (χ1) is 15.2. The predicted octanol–water partition coefficient (Wildman–Crippen LogP) is 3.38. The average molecular weight is 445 g/mol. The highest BCUT2D eigenvalue weighted by molar-refractivity contribution is 5.94. The van der Waals surface area contributed by atoms with Crippen LogP contribution in [0, 0.1) is 12.8 Å². The Bertz CT molecular complexity index is 1160. The molecule has 0 aliphatic carbocycles. The molecule has 1 aliphatic rings. The molecule has 3 heterocycles. The molecule has 32 heavy (non-hydrogen) atoms. The van der Waals surface area contributed by atoms with Crippen LogP contribution in [-0.4, -0.2) is 43.6 Å². The standard InChI is InChI=1S/C22H22F3N5O2/c1-14-4-2-3-5-17(14)30-19(27-28-21(30)32)12-15-8-10-29(11-9-15)20(31)16-6-7-18(26-13-16)22(23,24)25/h2-7,13,15H,8-12H2,1H3,(H,28,32). The van der Waals surface area contributed by atoms with Gasteiger partial charge in [-0.05, 0) is 49.4 Å². The van der Waals surface area contributed by atoms with Gasteiger partial charge in [0.1, 0.15) is 11.5 Å². The number of carbonyl (C=O) groups is 1. The van der Waals surface area contributed by atoms with Crippen molar-refractivity contribution < 1.29 is 18.0 Å². The Labute approximate surface area is 181 Å². The van der Waals surface area contributed by atoms with Crippen LogP contribution in [0.15, 0.2) is 47.4 Å². The Morgan fingerprint density at radius 1 is 1.16 bits per heavy atom. The third-order valence-corrected chi connectivity index (χ3v) is 5.77. The number of carbonyl (C=O) groups excluding carboxylic acids is 1. The molecule has 0 saturated carbocycles. The number of hydrogen-bond donors (Lipinski definition) is 1. The summed E-state index contributed by atoms with van der Waals surface area (Å²) in [5.41, 5.74) is 0.562. The molecular weight excluding hydrogens is 423 g/mol. The van der Waals surface area contributed by atoms with E-state index in [4.69, 9.17) is 0 Å². The fourth-order valence-corrected chi connectivity index (χ4v) is 4.00. The number of benzene rings is 1. The molecule has 0 unspecified atom stereocenters. The predicted molar refractivity (Wildman–Crippen MR) is 110 cm³/mol. The van der Waals surface area contributed by atoms with Crippen LogP contribution in [-0.2, 0) is 12.6 Å². The van der Waals surface area contributed by atoms with Gasteiger partial charge in [0.15, 0.2) is 0 Å². The number of alkyl halides is 3. The van der Waals surface area contributed by atoms with Crippen LogP contribution in [0.3, 0.4) is 0 Å². The van der Waals surface area contributed by atoms with Crippen LogP contribution >= 0.6 is 0 Å². The maximum absolute atomic E-state index is 12.7. The molecule has 168 valence electrons. The van der Waals surface area contributed by atoms with Gasteiger partial charge in [-0.1, -0.05) is 18.2 Å². The van der Waals surface area contributed by atoms with Crippen molar-refractivity contribution in [1.82, 2.24) is 24.6 Å². The zero-order valence-corrected chi connectivity index (χ0v) is 17.4. The molecule has 0 bridgehead atoms. The zero-order chi connectivity index (χ0) is 22.9. The van der Waals surface area contributed by atoms with Crippen LogP contribution in [0.2, 0.25) is 0 Å². The molecule has 0 radical (unpaired) electrons. The maximum Gasteiger partial charge on any atom is 0.433 e. The zero-order valence-electron chi connectivity index (χ0n) is 17.4. The van der Waals surface area contributed by atoms with Crippen LogP contribution in [0.5, 0.6) is 0 Å². The number of aromatic amines is 1.